The highest BCUT2D eigenvalue weighted by Crippen LogP contribution is 2.32. The van der Waals surface area contributed by atoms with Crippen molar-refractivity contribution in [2.75, 3.05) is 12.8 Å². The fourth-order valence-electron chi connectivity index (χ4n) is 3.23. The molecule has 1 saturated carbocycles. The summed E-state index contributed by atoms with van der Waals surface area (Å²) in [6.07, 6.45) is 10.3. The van der Waals surface area contributed by atoms with Crippen LogP contribution in [-0.4, -0.2) is 34.5 Å². The second kappa shape index (κ2) is 7.82. The molecule has 0 aromatic rings. The van der Waals surface area contributed by atoms with Gasteiger partial charge in [-0.05, 0) is 25.0 Å². The molecule has 0 amide bonds. The van der Waals surface area contributed by atoms with Gasteiger partial charge in [0.25, 0.3) is 0 Å². The number of hydrogen-bond donors (Lipinski definition) is 1. The summed E-state index contributed by atoms with van der Waals surface area (Å²) in [5, 5.41) is 6.47. The minimum Gasteiger partial charge on any atom is -0.361 e. The van der Waals surface area contributed by atoms with Crippen molar-refractivity contribution in [2.24, 2.45) is 10.9 Å². The predicted octanol–water partition coefficient (Wildman–Crippen LogP) is 4.16. The van der Waals surface area contributed by atoms with Gasteiger partial charge in [0.05, 0.1) is 6.54 Å². The van der Waals surface area contributed by atoms with Gasteiger partial charge in [-0.2, -0.15) is 11.8 Å². The Bertz CT molecular complexity index is 303. The number of amidine groups is 1. The average Bonchev–Trinajstić information content (AvgIpc) is 2.89. The van der Waals surface area contributed by atoms with Crippen LogP contribution in [0.15, 0.2) is 4.99 Å². The Morgan fingerprint density at radius 2 is 2.05 bits per heavy atom. The molecule has 1 fully saturated rings. The molecule has 3 atom stereocenters. The first-order chi connectivity index (χ1) is 9.28. The Morgan fingerprint density at radius 1 is 1.32 bits per heavy atom. The highest BCUT2D eigenvalue weighted by atomic mass is 32.2. The maximum Gasteiger partial charge on any atom is 0.157 e. The second-order valence-corrected chi connectivity index (χ2v) is 7.99. The molecule has 0 spiro atoms. The van der Waals surface area contributed by atoms with Crippen molar-refractivity contribution in [1.29, 1.82) is 0 Å². The second-order valence-electron chi connectivity index (χ2n) is 5.69. The molecule has 2 nitrogen and oxygen atoms in total. The molecule has 1 N–H and O–H groups in total. The van der Waals surface area contributed by atoms with Crippen LogP contribution in [0.3, 0.4) is 0 Å². The molecular weight excluding hydrogens is 272 g/mol. The lowest BCUT2D eigenvalue weighted by Crippen LogP contribution is -2.42. The zero-order chi connectivity index (χ0) is 13.7. The summed E-state index contributed by atoms with van der Waals surface area (Å²) >= 11 is 4.03. The van der Waals surface area contributed by atoms with Crippen molar-refractivity contribution in [3.05, 3.63) is 0 Å². The van der Waals surface area contributed by atoms with Gasteiger partial charge in [0.1, 0.15) is 0 Å². The Balaban J connectivity index is 1.83. The van der Waals surface area contributed by atoms with E-state index in [1.165, 1.54) is 43.7 Å². The van der Waals surface area contributed by atoms with Crippen LogP contribution in [0.2, 0.25) is 0 Å². The quantitative estimate of drug-likeness (QED) is 0.825. The first-order valence-corrected chi connectivity index (χ1v) is 9.95. The number of nitrogens with one attached hydrogen (secondary N) is 1. The molecule has 2 rings (SSSR count). The molecule has 19 heavy (non-hydrogen) atoms. The van der Waals surface area contributed by atoms with Gasteiger partial charge < -0.3 is 5.32 Å². The van der Waals surface area contributed by atoms with Crippen LogP contribution in [0.5, 0.6) is 0 Å². The lowest BCUT2D eigenvalue weighted by Gasteiger charge is -2.31. The van der Waals surface area contributed by atoms with E-state index in [2.05, 4.69) is 25.4 Å². The van der Waals surface area contributed by atoms with Crippen LogP contribution < -0.4 is 5.32 Å². The van der Waals surface area contributed by atoms with Crippen molar-refractivity contribution < 1.29 is 0 Å². The topological polar surface area (TPSA) is 24.4 Å². The van der Waals surface area contributed by atoms with Gasteiger partial charge in [-0.1, -0.05) is 51.3 Å². The normalized spacial score (nSPS) is 31.6. The van der Waals surface area contributed by atoms with Crippen molar-refractivity contribution in [2.45, 2.75) is 68.9 Å². The smallest absolute Gasteiger partial charge is 0.157 e. The van der Waals surface area contributed by atoms with E-state index in [0.717, 1.165) is 17.7 Å². The van der Waals surface area contributed by atoms with E-state index in [0.29, 0.717) is 11.3 Å². The van der Waals surface area contributed by atoms with E-state index < -0.39 is 0 Å². The van der Waals surface area contributed by atoms with Gasteiger partial charge in [0, 0.05) is 16.5 Å². The highest BCUT2D eigenvalue weighted by molar-refractivity contribution is 8.14. The first kappa shape index (κ1) is 15.6. The molecule has 0 bridgehead atoms. The SMILES string of the molecule is CCC(CC)C1CN=C(NC2CCCCC2SC)S1. The van der Waals surface area contributed by atoms with Gasteiger partial charge in [-0.3, -0.25) is 4.99 Å². The number of thioether (sulfide) groups is 2. The molecule has 0 saturated heterocycles. The minimum atomic E-state index is 0.649. The Kier molecular flexibility index (Phi) is 6.40. The summed E-state index contributed by atoms with van der Waals surface area (Å²) in [4.78, 5) is 4.76. The van der Waals surface area contributed by atoms with E-state index in [-0.39, 0.29) is 0 Å². The summed E-state index contributed by atoms with van der Waals surface area (Å²) in [7, 11) is 0. The van der Waals surface area contributed by atoms with Crippen LogP contribution in [-0.2, 0) is 0 Å². The molecule has 3 unspecified atom stereocenters. The zero-order valence-electron chi connectivity index (χ0n) is 12.5. The van der Waals surface area contributed by atoms with Gasteiger partial charge in [0.15, 0.2) is 5.17 Å². The Labute approximate surface area is 127 Å². The molecule has 4 heteroatoms. The van der Waals surface area contributed by atoms with Crippen LogP contribution >= 0.6 is 23.5 Å². The van der Waals surface area contributed by atoms with E-state index >= 15 is 0 Å². The van der Waals surface area contributed by atoms with Gasteiger partial charge in [-0.25, -0.2) is 0 Å². The molecule has 0 aromatic heterocycles. The van der Waals surface area contributed by atoms with Crippen LogP contribution in [0, 0.1) is 5.92 Å². The summed E-state index contributed by atoms with van der Waals surface area (Å²) in [6, 6.07) is 0.649. The van der Waals surface area contributed by atoms with Crippen molar-refractivity contribution in [1.82, 2.24) is 5.32 Å². The maximum absolute atomic E-state index is 4.76. The third kappa shape index (κ3) is 4.07. The molecule has 0 radical (unpaired) electrons. The van der Waals surface area contributed by atoms with Crippen LogP contribution in [0.4, 0.5) is 0 Å². The van der Waals surface area contributed by atoms with E-state index in [4.69, 9.17) is 4.99 Å². The average molecular weight is 301 g/mol. The molecule has 1 aliphatic heterocycles. The Hall–Kier alpha value is 0.170. The van der Waals surface area contributed by atoms with E-state index in [1.807, 2.05) is 23.5 Å². The van der Waals surface area contributed by atoms with Gasteiger partial charge in [0.2, 0.25) is 0 Å². The summed E-state index contributed by atoms with van der Waals surface area (Å²) in [5.74, 6) is 0.829. The van der Waals surface area contributed by atoms with E-state index in [1.54, 1.807) is 0 Å². The zero-order valence-corrected chi connectivity index (χ0v) is 14.2. The van der Waals surface area contributed by atoms with Crippen LogP contribution in [0.1, 0.15) is 52.4 Å². The minimum absolute atomic E-state index is 0.649. The lowest BCUT2D eigenvalue weighted by atomic mass is 9.95. The third-order valence-electron chi connectivity index (χ3n) is 4.57. The number of rotatable bonds is 5. The molecule has 1 aliphatic carbocycles. The maximum atomic E-state index is 4.76. The number of nitrogens with zero attached hydrogens (tertiary/aromatic N) is 1. The molecule has 0 aromatic carbocycles. The monoisotopic (exact) mass is 300 g/mol. The molecule has 2 aliphatic rings. The fraction of sp³-hybridized carbons (Fsp3) is 0.933. The number of aliphatic imine (C=N–C) groups is 1. The fourth-order valence-corrected chi connectivity index (χ4v) is 5.55. The largest absolute Gasteiger partial charge is 0.361 e. The lowest BCUT2D eigenvalue weighted by molar-refractivity contribution is 0.427. The molecule has 110 valence electrons. The van der Waals surface area contributed by atoms with E-state index in [9.17, 15) is 0 Å². The van der Waals surface area contributed by atoms with Crippen molar-refractivity contribution in [3.8, 4) is 0 Å². The summed E-state index contributed by atoms with van der Waals surface area (Å²) < 4.78 is 0. The molecule has 1 heterocycles. The standard InChI is InChI=1S/C15H28N2S2/c1-4-11(5-2)14-10-16-15(19-14)17-12-8-6-7-9-13(12)18-3/h11-14H,4-10H2,1-3H3,(H,16,17). The van der Waals surface area contributed by atoms with Crippen LogP contribution in [0.25, 0.3) is 0 Å². The number of hydrogen-bond acceptors (Lipinski definition) is 4. The highest BCUT2D eigenvalue weighted by Gasteiger charge is 2.30. The molecular formula is C15H28N2S2. The van der Waals surface area contributed by atoms with Crippen molar-refractivity contribution in [3.63, 3.8) is 0 Å². The predicted molar refractivity (Wildman–Crippen MR) is 90.4 cm³/mol. The van der Waals surface area contributed by atoms with Gasteiger partial charge >= 0.3 is 0 Å². The Morgan fingerprint density at radius 3 is 2.74 bits per heavy atom. The summed E-state index contributed by atoms with van der Waals surface area (Å²) in [5.41, 5.74) is 0. The van der Waals surface area contributed by atoms with Gasteiger partial charge in [-0.15, -0.1) is 0 Å². The van der Waals surface area contributed by atoms with Crippen molar-refractivity contribution >= 4 is 28.7 Å². The third-order valence-corrected chi connectivity index (χ3v) is 7.04. The summed E-state index contributed by atoms with van der Waals surface area (Å²) in [6.45, 7) is 5.64. The first-order valence-electron chi connectivity index (χ1n) is 7.78.